The van der Waals surface area contributed by atoms with E-state index in [4.69, 9.17) is 4.74 Å². The molecule has 160 valence electrons. The first-order valence-corrected chi connectivity index (χ1v) is 10.7. The van der Waals surface area contributed by atoms with Crippen LogP contribution >= 0.6 is 11.3 Å². The second kappa shape index (κ2) is 8.77. The standard InChI is InChI=1S/C21H23F3N4OS/c1-14-13-17-18(26-20(21(22,23)24)27-19(17)30-14)25-8-2-3-15-4-6-16(7-5-15)28-9-11-29-12-10-28/h4-7,13H,2-3,8-12H2,1H3,(H,25,26,27). The van der Waals surface area contributed by atoms with Crippen molar-refractivity contribution in [3.05, 3.63) is 46.6 Å². The fourth-order valence-electron chi connectivity index (χ4n) is 3.50. The van der Waals surface area contributed by atoms with Crippen molar-refractivity contribution in [2.24, 2.45) is 0 Å². The van der Waals surface area contributed by atoms with E-state index in [0.717, 1.165) is 44.0 Å². The van der Waals surface area contributed by atoms with Crippen molar-refractivity contribution in [3.63, 3.8) is 0 Å². The SMILES string of the molecule is Cc1cc2c(NCCCc3ccc(N4CCOCC4)cc3)nc(C(F)(F)F)nc2s1. The summed E-state index contributed by atoms with van der Waals surface area (Å²) < 4.78 is 44.7. The quantitative estimate of drug-likeness (QED) is 0.557. The number of nitrogens with one attached hydrogen (secondary N) is 1. The van der Waals surface area contributed by atoms with Crippen LogP contribution in [-0.4, -0.2) is 42.8 Å². The van der Waals surface area contributed by atoms with Crippen LogP contribution in [0.2, 0.25) is 0 Å². The third kappa shape index (κ3) is 4.84. The fourth-order valence-corrected chi connectivity index (χ4v) is 4.38. The third-order valence-corrected chi connectivity index (χ3v) is 5.96. The number of fused-ring (bicyclic) bond motifs is 1. The van der Waals surface area contributed by atoms with Gasteiger partial charge in [-0.15, -0.1) is 11.3 Å². The summed E-state index contributed by atoms with van der Waals surface area (Å²) in [6.07, 6.45) is -2.95. The molecule has 0 amide bonds. The zero-order chi connectivity index (χ0) is 21.1. The monoisotopic (exact) mass is 436 g/mol. The minimum absolute atomic E-state index is 0.249. The van der Waals surface area contributed by atoms with Crippen molar-refractivity contribution in [1.29, 1.82) is 0 Å². The summed E-state index contributed by atoms with van der Waals surface area (Å²) in [5.41, 5.74) is 2.39. The molecule has 5 nitrogen and oxygen atoms in total. The molecule has 1 aliphatic heterocycles. The fraction of sp³-hybridized carbons (Fsp3) is 0.429. The van der Waals surface area contributed by atoms with Crippen molar-refractivity contribution in [2.45, 2.75) is 25.9 Å². The Balaban J connectivity index is 1.37. The van der Waals surface area contributed by atoms with Gasteiger partial charge in [-0.3, -0.25) is 0 Å². The highest BCUT2D eigenvalue weighted by Gasteiger charge is 2.35. The highest BCUT2D eigenvalue weighted by molar-refractivity contribution is 7.18. The van der Waals surface area contributed by atoms with Gasteiger partial charge < -0.3 is 15.0 Å². The molecule has 1 fully saturated rings. The Morgan fingerprint density at radius 1 is 1.13 bits per heavy atom. The summed E-state index contributed by atoms with van der Waals surface area (Å²) in [5.74, 6) is -0.850. The normalized spacial score (nSPS) is 15.0. The van der Waals surface area contributed by atoms with E-state index in [1.807, 2.05) is 13.0 Å². The summed E-state index contributed by atoms with van der Waals surface area (Å²) in [6.45, 7) is 5.69. The highest BCUT2D eigenvalue weighted by atomic mass is 32.1. The van der Waals surface area contributed by atoms with Crippen LogP contribution in [0.4, 0.5) is 24.7 Å². The molecule has 1 saturated heterocycles. The van der Waals surface area contributed by atoms with E-state index in [0.29, 0.717) is 16.8 Å². The Kier molecular flexibility index (Phi) is 6.10. The maximum absolute atomic E-state index is 13.1. The molecule has 0 unspecified atom stereocenters. The number of halogens is 3. The molecule has 9 heteroatoms. The number of anilines is 2. The number of aromatic nitrogens is 2. The maximum atomic E-state index is 13.1. The molecule has 0 radical (unpaired) electrons. The zero-order valence-corrected chi connectivity index (χ0v) is 17.4. The number of rotatable bonds is 6. The minimum atomic E-state index is -4.56. The Labute approximate surface area is 176 Å². The molecular weight excluding hydrogens is 413 g/mol. The molecular formula is C21H23F3N4OS. The maximum Gasteiger partial charge on any atom is 0.451 e. The second-order valence-electron chi connectivity index (χ2n) is 7.27. The lowest BCUT2D eigenvalue weighted by atomic mass is 10.1. The second-order valence-corrected chi connectivity index (χ2v) is 8.50. The van der Waals surface area contributed by atoms with Crippen molar-refractivity contribution >= 4 is 33.1 Å². The Morgan fingerprint density at radius 2 is 1.87 bits per heavy atom. The van der Waals surface area contributed by atoms with E-state index in [9.17, 15) is 13.2 Å². The lowest BCUT2D eigenvalue weighted by Gasteiger charge is -2.28. The summed E-state index contributed by atoms with van der Waals surface area (Å²) in [5, 5.41) is 3.72. The first kappa shape index (κ1) is 20.9. The van der Waals surface area contributed by atoms with E-state index in [1.54, 1.807) is 0 Å². The predicted octanol–water partition coefficient (Wildman–Crippen LogP) is 4.90. The topological polar surface area (TPSA) is 50.3 Å². The predicted molar refractivity (Wildman–Crippen MR) is 113 cm³/mol. The van der Waals surface area contributed by atoms with Gasteiger partial charge in [0.05, 0.1) is 18.6 Å². The van der Waals surface area contributed by atoms with Gasteiger partial charge in [-0.1, -0.05) is 12.1 Å². The number of thiophene rings is 1. The molecule has 0 spiro atoms. The van der Waals surface area contributed by atoms with Crippen molar-refractivity contribution in [2.75, 3.05) is 43.1 Å². The number of ether oxygens (including phenoxy) is 1. The first-order chi connectivity index (χ1) is 14.4. The molecule has 0 saturated carbocycles. The van der Waals surface area contributed by atoms with Gasteiger partial charge in [0.2, 0.25) is 5.82 Å². The number of hydrogen-bond donors (Lipinski definition) is 1. The van der Waals surface area contributed by atoms with E-state index in [1.165, 1.54) is 22.6 Å². The van der Waals surface area contributed by atoms with Crippen LogP contribution < -0.4 is 10.2 Å². The first-order valence-electron chi connectivity index (χ1n) is 9.91. The van der Waals surface area contributed by atoms with Crippen LogP contribution in [-0.2, 0) is 17.3 Å². The molecule has 30 heavy (non-hydrogen) atoms. The van der Waals surface area contributed by atoms with E-state index >= 15 is 0 Å². The lowest BCUT2D eigenvalue weighted by Crippen LogP contribution is -2.36. The van der Waals surface area contributed by atoms with Crippen LogP contribution in [0, 0.1) is 6.92 Å². The van der Waals surface area contributed by atoms with Crippen LogP contribution in [0.15, 0.2) is 30.3 Å². The molecule has 3 aromatic rings. The number of benzene rings is 1. The summed E-state index contributed by atoms with van der Waals surface area (Å²) in [4.78, 5) is 11.0. The average molecular weight is 437 g/mol. The van der Waals surface area contributed by atoms with E-state index in [2.05, 4.69) is 44.5 Å². The van der Waals surface area contributed by atoms with Gasteiger partial charge in [0.25, 0.3) is 0 Å². The van der Waals surface area contributed by atoms with Gasteiger partial charge >= 0.3 is 6.18 Å². The summed E-state index contributed by atoms with van der Waals surface area (Å²) in [7, 11) is 0. The van der Waals surface area contributed by atoms with Crippen molar-refractivity contribution < 1.29 is 17.9 Å². The zero-order valence-electron chi connectivity index (χ0n) is 16.6. The minimum Gasteiger partial charge on any atom is -0.378 e. The molecule has 0 atom stereocenters. The highest BCUT2D eigenvalue weighted by Crippen LogP contribution is 2.33. The molecule has 0 aliphatic carbocycles. The van der Waals surface area contributed by atoms with E-state index < -0.39 is 12.0 Å². The van der Waals surface area contributed by atoms with Gasteiger partial charge in [-0.25, -0.2) is 9.97 Å². The number of hydrogen-bond acceptors (Lipinski definition) is 6. The Morgan fingerprint density at radius 3 is 2.57 bits per heavy atom. The van der Waals surface area contributed by atoms with Crippen LogP contribution in [0.3, 0.4) is 0 Å². The molecule has 4 rings (SSSR count). The smallest absolute Gasteiger partial charge is 0.378 e. The van der Waals surface area contributed by atoms with Gasteiger partial charge in [-0.05, 0) is 43.5 Å². The van der Waals surface area contributed by atoms with Crippen molar-refractivity contribution in [3.8, 4) is 0 Å². The van der Waals surface area contributed by atoms with Crippen LogP contribution in [0.1, 0.15) is 22.7 Å². The molecule has 1 aliphatic rings. The van der Waals surface area contributed by atoms with Gasteiger partial charge in [-0.2, -0.15) is 13.2 Å². The summed E-state index contributed by atoms with van der Waals surface area (Å²) >= 11 is 1.24. The lowest BCUT2D eigenvalue weighted by molar-refractivity contribution is -0.144. The number of alkyl halides is 3. The average Bonchev–Trinajstić information content (AvgIpc) is 3.12. The summed E-state index contributed by atoms with van der Waals surface area (Å²) in [6, 6.07) is 10.3. The van der Waals surface area contributed by atoms with Crippen LogP contribution in [0.25, 0.3) is 10.2 Å². The van der Waals surface area contributed by atoms with Crippen molar-refractivity contribution in [1.82, 2.24) is 9.97 Å². The van der Waals surface area contributed by atoms with Crippen LogP contribution in [0.5, 0.6) is 0 Å². The number of nitrogens with zero attached hydrogens (tertiary/aromatic N) is 3. The Hall–Kier alpha value is -2.39. The van der Waals surface area contributed by atoms with Gasteiger partial charge in [0.1, 0.15) is 10.6 Å². The molecule has 0 bridgehead atoms. The largest absolute Gasteiger partial charge is 0.451 e. The number of aryl methyl sites for hydroxylation is 2. The third-order valence-electron chi connectivity index (χ3n) is 5.02. The number of morpholine rings is 1. The molecule has 1 aromatic carbocycles. The molecule has 3 heterocycles. The molecule has 1 N–H and O–H groups in total. The van der Waals surface area contributed by atoms with Gasteiger partial charge in [0, 0.05) is 30.2 Å². The Bertz CT molecular complexity index is 998. The van der Waals surface area contributed by atoms with Gasteiger partial charge in [0.15, 0.2) is 0 Å². The molecule has 2 aromatic heterocycles. The van der Waals surface area contributed by atoms with E-state index in [-0.39, 0.29) is 5.82 Å².